The smallest absolute Gasteiger partial charge is 0.321 e. The fraction of sp³-hybridized carbons (Fsp3) is 0.727. The Balaban J connectivity index is 0. The van der Waals surface area contributed by atoms with Crippen molar-refractivity contribution in [3.63, 3.8) is 0 Å². The van der Waals surface area contributed by atoms with E-state index in [2.05, 4.69) is 0 Å². The lowest BCUT2D eigenvalue weighted by molar-refractivity contribution is -0.140. The number of carbonyl (C=O) groups is 3. The van der Waals surface area contributed by atoms with Gasteiger partial charge in [-0.25, -0.2) is 0 Å². The largest absolute Gasteiger partial charge is 0.480 e. The first-order chi connectivity index (χ1) is 10.0. The highest BCUT2D eigenvalue weighted by molar-refractivity contribution is 8.76. The Morgan fingerprint density at radius 3 is 1.27 bits per heavy atom. The first-order valence-electron chi connectivity index (χ1n) is 6.20. The molecular weight excluding hydrogens is 334 g/mol. The van der Waals surface area contributed by atoms with E-state index in [0.29, 0.717) is 0 Å². The predicted octanol–water partition coefficient (Wildman–Crippen LogP) is -0.754. The number of carboxylic acid groups (broad SMARTS) is 3. The zero-order valence-corrected chi connectivity index (χ0v) is 14.0. The van der Waals surface area contributed by atoms with Gasteiger partial charge in [0.2, 0.25) is 0 Å². The molecule has 0 aliphatic rings. The summed E-state index contributed by atoms with van der Waals surface area (Å²) in [7, 11) is 2.41. The second kappa shape index (κ2) is 12.5. The van der Waals surface area contributed by atoms with E-state index in [4.69, 9.17) is 32.5 Å². The lowest BCUT2D eigenvalue weighted by atomic mass is 10.1. The second-order valence-corrected chi connectivity index (χ2v) is 7.12. The molecule has 0 aliphatic heterocycles. The van der Waals surface area contributed by atoms with Crippen molar-refractivity contribution in [2.45, 2.75) is 32.0 Å². The Morgan fingerprint density at radius 1 is 0.818 bits per heavy atom. The van der Waals surface area contributed by atoms with E-state index in [1.165, 1.54) is 21.6 Å². The van der Waals surface area contributed by atoms with Crippen LogP contribution in [0.15, 0.2) is 0 Å². The third-order valence-electron chi connectivity index (χ3n) is 2.22. The van der Waals surface area contributed by atoms with Crippen molar-refractivity contribution >= 4 is 39.5 Å². The number of rotatable bonds is 9. The predicted molar refractivity (Wildman–Crippen MR) is 86.6 cm³/mol. The fourth-order valence-corrected chi connectivity index (χ4v) is 2.90. The van der Waals surface area contributed by atoms with E-state index in [1.54, 1.807) is 13.8 Å². The van der Waals surface area contributed by atoms with Gasteiger partial charge in [-0.3, -0.25) is 14.4 Å². The van der Waals surface area contributed by atoms with Gasteiger partial charge >= 0.3 is 17.9 Å². The van der Waals surface area contributed by atoms with E-state index in [9.17, 15) is 14.4 Å². The van der Waals surface area contributed by atoms with Gasteiger partial charge in [0.25, 0.3) is 0 Å². The van der Waals surface area contributed by atoms with Crippen LogP contribution in [0.1, 0.15) is 13.8 Å². The van der Waals surface area contributed by atoms with Crippen molar-refractivity contribution in [2.24, 2.45) is 23.1 Å². The molecule has 0 rings (SSSR count). The number of nitrogens with two attached hydrogens (primary N) is 3. The number of hydrogen-bond acceptors (Lipinski definition) is 8. The molecule has 0 aliphatic carbocycles. The standard InChI is InChI=1S/C6H12N2O4S2.C5H11NO2/c7-3(5(9)10)1-13-14-2-4(8)6(11)12;1-3(2)4(6)5(7)8/h3-4H,1-2,7-8H2,(H,9,10)(H,11,12);3-4H,6H2,1-2H3,(H,7,8). The van der Waals surface area contributed by atoms with Gasteiger partial charge in [0, 0.05) is 11.5 Å². The van der Waals surface area contributed by atoms with Crippen LogP contribution in [-0.2, 0) is 14.4 Å². The lowest BCUT2D eigenvalue weighted by Gasteiger charge is -2.07. The SMILES string of the molecule is CC(C)C(N)C(=O)O.NC(CSSCC(N)C(=O)O)C(=O)O. The van der Waals surface area contributed by atoms with Crippen molar-refractivity contribution < 1.29 is 29.7 Å². The summed E-state index contributed by atoms with van der Waals surface area (Å²) in [4.78, 5) is 30.6. The number of hydrogen-bond donors (Lipinski definition) is 6. The van der Waals surface area contributed by atoms with Gasteiger partial charge in [0.15, 0.2) is 0 Å². The molecule has 0 aromatic heterocycles. The fourth-order valence-electron chi connectivity index (χ4n) is 0.671. The van der Waals surface area contributed by atoms with Gasteiger partial charge in [-0.15, -0.1) is 0 Å². The van der Waals surface area contributed by atoms with Crippen molar-refractivity contribution in [1.82, 2.24) is 0 Å². The molecular formula is C11H23N3O6S2. The first kappa shape index (κ1) is 23.3. The summed E-state index contributed by atoms with van der Waals surface area (Å²) in [5.41, 5.74) is 15.6. The Labute approximate surface area is 136 Å². The topological polar surface area (TPSA) is 190 Å². The molecule has 0 bridgehead atoms. The Bertz CT molecular complexity index is 348. The van der Waals surface area contributed by atoms with Crippen LogP contribution >= 0.6 is 21.6 Å². The highest BCUT2D eigenvalue weighted by Gasteiger charge is 2.15. The molecule has 11 heteroatoms. The molecule has 9 N–H and O–H groups in total. The maximum atomic E-state index is 10.3. The molecule has 0 aromatic rings. The molecule has 3 atom stereocenters. The molecule has 3 unspecified atom stereocenters. The Kier molecular flexibility index (Phi) is 13.2. The average Bonchev–Trinajstić information content (AvgIpc) is 2.42. The second-order valence-electron chi connectivity index (χ2n) is 4.57. The lowest BCUT2D eigenvalue weighted by Crippen LogP contribution is -2.34. The number of aliphatic carboxylic acids is 3. The zero-order valence-electron chi connectivity index (χ0n) is 12.3. The summed E-state index contributed by atoms with van der Waals surface area (Å²) in [5.74, 6) is -2.59. The molecule has 22 heavy (non-hydrogen) atoms. The van der Waals surface area contributed by atoms with E-state index < -0.39 is 36.0 Å². The van der Waals surface area contributed by atoms with E-state index in [-0.39, 0.29) is 17.4 Å². The molecule has 0 saturated carbocycles. The molecule has 0 aromatic carbocycles. The minimum atomic E-state index is -1.07. The van der Waals surface area contributed by atoms with Gasteiger partial charge in [-0.1, -0.05) is 35.4 Å². The van der Waals surface area contributed by atoms with Crippen LogP contribution in [0, 0.1) is 5.92 Å². The van der Waals surface area contributed by atoms with Crippen LogP contribution < -0.4 is 17.2 Å². The highest BCUT2D eigenvalue weighted by Crippen LogP contribution is 2.22. The molecule has 0 spiro atoms. The minimum absolute atomic E-state index is 0.0208. The molecule has 0 amide bonds. The maximum Gasteiger partial charge on any atom is 0.321 e. The van der Waals surface area contributed by atoms with Crippen LogP contribution in [0.5, 0.6) is 0 Å². The molecule has 0 fully saturated rings. The van der Waals surface area contributed by atoms with Gasteiger partial charge in [0.05, 0.1) is 0 Å². The summed E-state index contributed by atoms with van der Waals surface area (Å²) in [6.07, 6.45) is 0. The van der Waals surface area contributed by atoms with Crippen LogP contribution in [0.4, 0.5) is 0 Å². The van der Waals surface area contributed by atoms with Crippen molar-refractivity contribution in [2.75, 3.05) is 11.5 Å². The summed E-state index contributed by atoms with van der Waals surface area (Å²) >= 11 is 0. The zero-order chi connectivity index (χ0) is 17.9. The minimum Gasteiger partial charge on any atom is -0.480 e. The van der Waals surface area contributed by atoms with Gasteiger partial charge in [0.1, 0.15) is 18.1 Å². The van der Waals surface area contributed by atoms with E-state index in [1.807, 2.05) is 0 Å². The Morgan fingerprint density at radius 2 is 1.14 bits per heavy atom. The molecule has 130 valence electrons. The molecule has 0 heterocycles. The summed E-state index contributed by atoms with van der Waals surface area (Å²) in [5, 5.41) is 25.1. The van der Waals surface area contributed by atoms with Gasteiger partial charge < -0.3 is 32.5 Å². The average molecular weight is 357 g/mol. The normalized spacial score (nSPS) is 14.5. The van der Waals surface area contributed by atoms with Crippen molar-refractivity contribution in [3.05, 3.63) is 0 Å². The molecule has 0 radical (unpaired) electrons. The number of carboxylic acids is 3. The van der Waals surface area contributed by atoms with Crippen LogP contribution in [0.2, 0.25) is 0 Å². The monoisotopic (exact) mass is 357 g/mol. The van der Waals surface area contributed by atoms with E-state index >= 15 is 0 Å². The summed E-state index contributed by atoms with van der Waals surface area (Å²) in [6.45, 7) is 3.55. The van der Waals surface area contributed by atoms with Crippen molar-refractivity contribution in [1.29, 1.82) is 0 Å². The molecule has 9 nitrogen and oxygen atoms in total. The van der Waals surface area contributed by atoms with Gasteiger partial charge in [-0.2, -0.15) is 0 Å². The summed E-state index contributed by atoms with van der Waals surface area (Å²) in [6, 6.07) is -2.56. The Hall–Kier alpha value is -1.01. The van der Waals surface area contributed by atoms with Gasteiger partial charge in [-0.05, 0) is 5.92 Å². The molecule has 0 saturated heterocycles. The summed E-state index contributed by atoms with van der Waals surface area (Å²) < 4.78 is 0. The third-order valence-corrected chi connectivity index (χ3v) is 4.69. The highest BCUT2D eigenvalue weighted by atomic mass is 33.1. The van der Waals surface area contributed by atoms with Crippen LogP contribution in [0.25, 0.3) is 0 Å². The maximum absolute atomic E-state index is 10.3. The van der Waals surface area contributed by atoms with Crippen molar-refractivity contribution in [3.8, 4) is 0 Å². The van der Waals surface area contributed by atoms with Crippen LogP contribution in [0.3, 0.4) is 0 Å². The van der Waals surface area contributed by atoms with E-state index in [0.717, 1.165) is 0 Å². The van der Waals surface area contributed by atoms with Crippen LogP contribution in [-0.4, -0.2) is 62.9 Å². The first-order valence-corrected chi connectivity index (χ1v) is 8.69. The third kappa shape index (κ3) is 12.7. The quantitative estimate of drug-likeness (QED) is 0.225.